The zero-order valence-corrected chi connectivity index (χ0v) is 12.2. The first-order valence-corrected chi connectivity index (χ1v) is 8.06. The van der Waals surface area contributed by atoms with E-state index in [4.69, 9.17) is 0 Å². The Balaban J connectivity index is 2.11. The second-order valence-corrected chi connectivity index (χ2v) is 7.13. The van der Waals surface area contributed by atoms with E-state index in [1.807, 2.05) is 0 Å². The first kappa shape index (κ1) is 16.6. The van der Waals surface area contributed by atoms with Crippen LogP contribution in [0.3, 0.4) is 0 Å². The summed E-state index contributed by atoms with van der Waals surface area (Å²) in [5.41, 5.74) is 0. The van der Waals surface area contributed by atoms with Crippen LogP contribution in [0, 0.1) is 0 Å². The number of carbonyl (C=O) groups excluding carboxylic acids is 1. The van der Waals surface area contributed by atoms with Crippen LogP contribution in [0.2, 0.25) is 0 Å². The lowest BCUT2D eigenvalue weighted by Crippen LogP contribution is -2.38. The van der Waals surface area contributed by atoms with Gasteiger partial charge in [0.15, 0.2) is 9.84 Å². The summed E-state index contributed by atoms with van der Waals surface area (Å²) >= 11 is 0. The Bertz CT molecular complexity index is 620. The first-order chi connectivity index (χ1) is 10.2. The van der Waals surface area contributed by atoms with E-state index in [-0.39, 0.29) is 4.90 Å². The highest BCUT2D eigenvalue weighted by Crippen LogP contribution is 2.27. The summed E-state index contributed by atoms with van der Waals surface area (Å²) in [6, 6.07) is 4.15. The van der Waals surface area contributed by atoms with Gasteiger partial charge in [-0.05, 0) is 37.1 Å². The molecule has 5 nitrogen and oxygen atoms in total. The first-order valence-electron chi connectivity index (χ1n) is 6.51. The fraction of sp³-hybridized carbons (Fsp3) is 0.462. The molecular weight excluding hydrogens is 323 g/mol. The SMILES string of the molecule is O=CN1CCC(S(=O)(=O)c2ccc(OC(F)(F)F)cc2)CC1. The van der Waals surface area contributed by atoms with Crippen molar-refractivity contribution in [1.29, 1.82) is 0 Å². The molecule has 1 aromatic carbocycles. The number of amides is 1. The third kappa shape index (κ3) is 3.90. The van der Waals surface area contributed by atoms with Crippen molar-refractivity contribution in [1.82, 2.24) is 4.90 Å². The van der Waals surface area contributed by atoms with Gasteiger partial charge in [-0.15, -0.1) is 13.2 Å². The van der Waals surface area contributed by atoms with Crippen LogP contribution in [0.1, 0.15) is 12.8 Å². The van der Waals surface area contributed by atoms with Crippen molar-refractivity contribution < 1.29 is 31.1 Å². The number of piperidine rings is 1. The Morgan fingerprint density at radius 1 is 1.14 bits per heavy atom. The number of rotatable bonds is 4. The van der Waals surface area contributed by atoms with E-state index in [0.29, 0.717) is 32.3 Å². The van der Waals surface area contributed by atoms with Gasteiger partial charge in [-0.1, -0.05) is 0 Å². The predicted molar refractivity (Wildman–Crippen MR) is 71.0 cm³/mol. The van der Waals surface area contributed by atoms with Gasteiger partial charge in [0, 0.05) is 13.1 Å². The van der Waals surface area contributed by atoms with Crippen LogP contribution >= 0.6 is 0 Å². The Morgan fingerprint density at radius 2 is 1.68 bits per heavy atom. The van der Waals surface area contributed by atoms with Crippen LogP contribution in [0.4, 0.5) is 13.2 Å². The van der Waals surface area contributed by atoms with E-state index in [2.05, 4.69) is 4.74 Å². The average molecular weight is 337 g/mol. The van der Waals surface area contributed by atoms with Gasteiger partial charge in [-0.25, -0.2) is 8.42 Å². The number of alkyl halides is 3. The molecule has 0 unspecified atom stereocenters. The molecule has 1 aliphatic heterocycles. The highest BCUT2D eigenvalue weighted by atomic mass is 32.2. The van der Waals surface area contributed by atoms with Gasteiger partial charge in [0.2, 0.25) is 6.41 Å². The number of benzene rings is 1. The lowest BCUT2D eigenvalue weighted by molar-refractivity contribution is -0.274. The van der Waals surface area contributed by atoms with Gasteiger partial charge >= 0.3 is 6.36 Å². The average Bonchev–Trinajstić information content (AvgIpc) is 2.46. The maximum Gasteiger partial charge on any atom is 0.573 e. The molecule has 0 N–H and O–H groups in total. The number of carbonyl (C=O) groups is 1. The molecule has 122 valence electrons. The Morgan fingerprint density at radius 3 is 2.14 bits per heavy atom. The van der Waals surface area contributed by atoms with Crippen LogP contribution < -0.4 is 4.74 Å². The van der Waals surface area contributed by atoms with Crippen molar-refractivity contribution in [3.63, 3.8) is 0 Å². The zero-order chi connectivity index (χ0) is 16.4. The van der Waals surface area contributed by atoms with E-state index in [1.165, 1.54) is 4.90 Å². The van der Waals surface area contributed by atoms with Crippen molar-refractivity contribution in [2.45, 2.75) is 29.3 Å². The largest absolute Gasteiger partial charge is 0.573 e. The zero-order valence-electron chi connectivity index (χ0n) is 11.4. The second-order valence-electron chi connectivity index (χ2n) is 4.90. The van der Waals surface area contributed by atoms with Gasteiger partial charge in [0.1, 0.15) is 5.75 Å². The Labute approximate surface area is 125 Å². The van der Waals surface area contributed by atoms with Gasteiger partial charge in [-0.2, -0.15) is 0 Å². The molecule has 0 spiro atoms. The van der Waals surface area contributed by atoms with Crippen LogP contribution in [0.5, 0.6) is 5.75 Å². The molecule has 22 heavy (non-hydrogen) atoms. The maximum atomic E-state index is 12.4. The number of sulfone groups is 1. The molecule has 0 atom stereocenters. The Kier molecular flexibility index (Phi) is 4.64. The lowest BCUT2D eigenvalue weighted by atomic mass is 10.1. The van der Waals surface area contributed by atoms with E-state index < -0.39 is 27.2 Å². The summed E-state index contributed by atoms with van der Waals surface area (Å²) in [6.45, 7) is 0.700. The summed E-state index contributed by atoms with van der Waals surface area (Å²) in [5, 5.41) is -0.641. The minimum Gasteiger partial charge on any atom is -0.406 e. The fourth-order valence-corrected chi connectivity index (χ4v) is 4.05. The second kappa shape index (κ2) is 6.15. The molecule has 0 aromatic heterocycles. The minimum absolute atomic E-state index is 0.0495. The Hall–Kier alpha value is -1.77. The van der Waals surface area contributed by atoms with Crippen LogP contribution in [-0.2, 0) is 14.6 Å². The molecule has 2 rings (SSSR count). The van der Waals surface area contributed by atoms with Crippen molar-refractivity contribution in [3.8, 4) is 5.75 Å². The highest BCUT2D eigenvalue weighted by Gasteiger charge is 2.33. The molecule has 1 aromatic rings. The minimum atomic E-state index is -4.82. The standard InChI is InChI=1S/C13H14F3NO4S/c14-13(15,16)21-10-1-3-11(4-2-10)22(19,20)12-5-7-17(9-18)8-6-12/h1-4,9,12H,5-8H2. The number of ether oxygens (including phenoxy) is 1. The third-order valence-corrected chi connectivity index (χ3v) is 5.73. The lowest BCUT2D eigenvalue weighted by Gasteiger charge is -2.28. The molecule has 1 saturated heterocycles. The molecule has 0 radical (unpaired) electrons. The van der Waals surface area contributed by atoms with Crippen molar-refractivity contribution in [3.05, 3.63) is 24.3 Å². The van der Waals surface area contributed by atoms with Crippen LogP contribution in [0.15, 0.2) is 29.2 Å². The van der Waals surface area contributed by atoms with E-state index in [1.54, 1.807) is 0 Å². The molecule has 0 aliphatic carbocycles. The molecular formula is C13H14F3NO4S. The smallest absolute Gasteiger partial charge is 0.406 e. The highest BCUT2D eigenvalue weighted by molar-refractivity contribution is 7.92. The normalized spacial score (nSPS) is 17.3. The van der Waals surface area contributed by atoms with Gasteiger partial charge in [-0.3, -0.25) is 4.79 Å². The summed E-state index contributed by atoms with van der Waals surface area (Å²) in [6.07, 6.45) is -3.53. The summed E-state index contributed by atoms with van der Waals surface area (Å²) in [4.78, 5) is 12.1. The van der Waals surface area contributed by atoms with Gasteiger partial charge in [0.25, 0.3) is 0 Å². The van der Waals surface area contributed by atoms with Crippen molar-refractivity contribution in [2.24, 2.45) is 0 Å². The van der Waals surface area contributed by atoms with Crippen LogP contribution in [-0.4, -0.2) is 44.4 Å². The number of hydrogen-bond donors (Lipinski definition) is 0. The van der Waals surface area contributed by atoms with Gasteiger partial charge < -0.3 is 9.64 Å². The summed E-state index contributed by atoms with van der Waals surface area (Å²) < 4.78 is 64.7. The monoisotopic (exact) mass is 337 g/mol. The maximum absolute atomic E-state index is 12.4. The van der Waals surface area contributed by atoms with Crippen molar-refractivity contribution in [2.75, 3.05) is 13.1 Å². The number of hydrogen-bond acceptors (Lipinski definition) is 4. The van der Waals surface area contributed by atoms with Crippen molar-refractivity contribution >= 4 is 16.2 Å². The quantitative estimate of drug-likeness (QED) is 0.788. The molecule has 0 saturated carbocycles. The molecule has 0 bridgehead atoms. The van der Waals surface area contributed by atoms with E-state index in [9.17, 15) is 26.4 Å². The number of likely N-dealkylation sites (tertiary alicyclic amines) is 1. The molecule has 9 heteroatoms. The third-order valence-electron chi connectivity index (χ3n) is 3.45. The summed E-state index contributed by atoms with van der Waals surface area (Å²) in [7, 11) is -3.63. The molecule has 1 heterocycles. The fourth-order valence-electron chi connectivity index (χ4n) is 2.31. The number of nitrogens with zero attached hydrogens (tertiary/aromatic N) is 1. The number of halogens is 3. The van der Waals surface area contributed by atoms with Crippen LogP contribution in [0.25, 0.3) is 0 Å². The van der Waals surface area contributed by atoms with Gasteiger partial charge in [0.05, 0.1) is 10.1 Å². The summed E-state index contributed by atoms with van der Waals surface area (Å²) in [5.74, 6) is -0.470. The topological polar surface area (TPSA) is 63.7 Å². The van der Waals surface area contributed by atoms with E-state index >= 15 is 0 Å². The predicted octanol–water partition coefficient (Wildman–Crippen LogP) is 1.98. The molecule has 1 amide bonds. The molecule has 1 fully saturated rings. The van der Waals surface area contributed by atoms with E-state index in [0.717, 1.165) is 24.3 Å². The molecule has 1 aliphatic rings.